The van der Waals surface area contributed by atoms with E-state index in [0.717, 1.165) is 16.5 Å². The Bertz CT molecular complexity index is 545. The van der Waals surface area contributed by atoms with Crippen LogP contribution >= 0.6 is 0 Å². The molecular weight excluding hydrogens is 324 g/mol. The molecule has 5 nitrogen and oxygen atoms in total. The highest BCUT2D eigenvalue weighted by atomic mass is 28.4. The lowest BCUT2D eigenvalue weighted by atomic mass is 10.1. The van der Waals surface area contributed by atoms with E-state index in [9.17, 15) is 0 Å². The van der Waals surface area contributed by atoms with Crippen LogP contribution in [0, 0.1) is 6.92 Å². The molecule has 0 saturated carbocycles. The van der Waals surface area contributed by atoms with Gasteiger partial charge in [0.05, 0.1) is 5.19 Å². The maximum atomic E-state index is 6.25. The number of ether oxygens (including phenoxy) is 2. The van der Waals surface area contributed by atoms with Crippen molar-refractivity contribution in [1.82, 2.24) is 0 Å². The molecule has 0 fully saturated rings. The summed E-state index contributed by atoms with van der Waals surface area (Å²) in [6.07, 6.45) is 0. The van der Waals surface area contributed by atoms with Crippen molar-refractivity contribution < 1.29 is 22.8 Å². The van der Waals surface area contributed by atoms with Gasteiger partial charge in [-0.15, -0.1) is 0 Å². The van der Waals surface area contributed by atoms with Gasteiger partial charge in [0.1, 0.15) is 22.7 Å². The molecule has 0 N–H and O–H groups in total. The lowest BCUT2D eigenvalue weighted by Gasteiger charge is -2.32. The van der Waals surface area contributed by atoms with Crippen LogP contribution in [0.15, 0.2) is 12.1 Å². The molecular formula is C18H32O5Si. The quantitative estimate of drug-likeness (QED) is 0.731. The standard InChI is InChI=1S/C18H32O5Si/c1-13-14(22-17(2,3)4)11-12-15(16(13)23-18(5,6)7)24(19-8,20-9)21-10/h11-12H,1-10H3. The zero-order chi connectivity index (χ0) is 18.8. The van der Waals surface area contributed by atoms with Crippen molar-refractivity contribution in [2.75, 3.05) is 21.3 Å². The number of hydrogen-bond acceptors (Lipinski definition) is 5. The van der Waals surface area contributed by atoms with E-state index in [2.05, 4.69) is 0 Å². The van der Waals surface area contributed by atoms with Crippen LogP contribution in [0.3, 0.4) is 0 Å². The van der Waals surface area contributed by atoms with Gasteiger partial charge in [0.15, 0.2) is 0 Å². The van der Waals surface area contributed by atoms with Crippen LogP contribution in [-0.2, 0) is 13.3 Å². The molecule has 0 spiro atoms. The molecule has 0 heterocycles. The molecule has 1 rings (SSSR count). The summed E-state index contributed by atoms with van der Waals surface area (Å²) in [7, 11) is 1.75. The average molecular weight is 357 g/mol. The van der Waals surface area contributed by atoms with E-state index < -0.39 is 8.80 Å². The Kier molecular flexibility index (Phi) is 6.49. The van der Waals surface area contributed by atoms with Gasteiger partial charge in [-0.3, -0.25) is 0 Å². The van der Waals surface area contributed by atoms with Gasteiger partial charge in [0, 0.05) is 26.9 Å². The van der Waals surface area contributed by atoms with Crippen LogP contribution in [0.1, 0.15) is 47.1 Å². The summed E-state index contributed by atoms with van der Waals surface area (Å²) in [4.78, 5) is 0. The maximum Gasteiger partial charge on any atom is 0.540 e. The van der Waals surface area contributed by atoms with E-state index >= 15 is 0 Å². The fraction of sp³-hybridized carbons (Fsp3) is 0.667. The molecule has 1 aromatic carbocycles. The zero-order valence-corrected chi connectivity index (χ0v) is 17.7. The normalized spacial score (nSPS) is 13.1. The van der Waals surface area contributed by atoms with Gasteiger partial charge in [-0.05, 0) is 60.6 Å². The van der Waals surface area contributed by atoms with Crippen molar-refractivity contribution in [3.05, 3.63) is 17.7 Å². The van der Waals surface area contributed by atoms with E-state index in [-0.39, 0.29) is 11.2 Å². The van der Waals surface area contributed by atoms with Gasteiger partial charge >= 0.3 is 8.80 Å². The van der Waals surface area contributed by atoms with E-state index in [1.165, 1.54) is 0 Å². The monoisotopic (exact) mass is 356 g/mol. The van der Waals surface area contributed by atoms with E-state index in [1.807, 2.05) is 60.6 Å². The minimum atomic E-state index is -3.03. The molecule has 1 aromatic rings. The molecule has 0 amide bonds. The second-order valence-electron chi connectivity index (χ2n) is 7.66. The highest BCUT2D eigenvalue weighted by molar-refractivity contribution is 6.76. The lowest BCUT2D eigenvalue weighted by molar-refractivity contribution is 0.115. The molecule has 138 valence electrons. The molecule has 0 atom stereocenters. The smallest absolute Gasteiger partial charge is 0.488 e. The van der Waals surface area contributed by atoms with Crippen LogP contribution in [0.2, 0.25) is 0 Å². The Morgan fingerprint density at radius 2 is 1.21 bits per heavy atom. The van der Waals surface area contributed by atoms with E-state index in [0.29, 0.717) is 5.75 Å². The molecule has 0 unspecified atom stereocenters. The first-order valence-electron chi connectivity index (χ1n) is 8.06. The summed E-state index contributed by atoms with van der Waals surface area (Å²) >= 11 is 0. The minimum absolute atomic E-state index is 0.302. The van der Waals surface area contributed by atoms with Crippen molar-refractivity contribution in [1.29, 1.82) is 0 Å². The topological polar surface area (TPSA) is 46.2 Å². The van der Waals surface area contributed by atoms with Gasteiger partial charge in [-0.25, -0.2) is 0 Å². The molecule has 0 aromatic heterocycles. The Labute approximate surface area is 147 Å². The Balaban J connectivity index is 3.57. The van der Waals surface area contributed by atoms with Crippen LogP contribution in [0.25, 0.3) is 0 Å². The van der Waals surface area contributed by atoms with E-state index in [1.54, 1.807) is 21.3 Å². The second kappa shape index (κ2) is 7.43. The van der Waals surface area contributed by atoms with Gasteiger partial charge in [-0.1, -0.05) is 0 Å². The zero-order valence-electron chi connectivity index (χ0n) is 16.7. The second-order valence-corrected chi connectivity index (χ2v) is 10.5. The van der Waals surface area contributed by atoms with Gasteiger partial charge in [0.2, 0.25) is 0 Å². The number of hydrogen-bond donors (Lipinski definition) is 0. The predicted molar refractivity (Wildman–Crippen MR) is 98.4 cm³/mol. The molecule has 0 aliphatic heterocycles. The third-order valence-corrected chi connectivity index (χ3v) is 5.98. The van der Waals surface area contributed by atoms with Crippen molar-refractivity contribution >= 4 is 14.0 Å². The van der Waals surface area contributed by atoms with Crippen LogP contribution < -0.4 is 14.7 Å². The lowest BCUT2D eigenvalue weighted by Crippen LogP contribution is -2.55. The summed E-state index contributed by atoms with van der Waals surface area (Å²) < 4.78 is 29.3. The number of benzene rings is 1. The molecule has 0 saturated heterocycles. The van der Waals surface area contributed by atoms with Crippen LogP contribution in [-0.4, -0.2) is 41.3 Å². The minimum Gasteiger partial charge on any atom is -0.488 e. The molecule has 6 heteroatoms. The molecule has 0 bridgehead atoms. The molecule has 0 aliphatic rings. The third kappa shape index (κ3) is 4.96. The first-order chi connectivity index (χ1) is 10.9. The Morgan fingerprint density at radius 3 is 1.58 bits per heavy atom. The van der Waals surface area contributed by atoms with Crippen molar-refractivity contribution in [3.63, 3.8) is 0 Å². The summed E-state index contributed by atoms with van der Waals surface area (Å²) in [5.74, 6) is 1.47. The molecule has 24 heavy (non-hydrogen) atoms. The highest BCUT2D eigenvalue weighted by Crippen LogP contribution is 2.33. The van der Waals surface area contributed by atoms with Crippen LogP contribution in [0.4, 0.5) is 0 Å². The molecule has 0 radical (unpaired) electrons. The van der Waals surface area contributed by atoms with Gasteiger partial charge < -0.3 is 22.8 Å². The summed E-state index contributed by atoms with van der Waals surface area (Å²) in [5.41, 5.74) is 0.221. The third-order valence-electron chi connectivity index (χ3n) is 3.32. The molecule has 0 aliphatic carbocycles. The first kappa shape index (κ1) is 21.0. The van der Waals surface area contributed by atoms with Gasteiger partial charge in [0.25, 0.3) is 0 Å². The first-order valence-corrected chi connectivity index (χ1v) is 9.79. The summed E-state index contributed by atoms with van der Waals surface area (Å²) in [5, 5.41) is 0.795. The van der Waals surface area contributed by atoms with Gasteiger partial charge in [-0.2, -0.15) is 0 Å². The maximum absolute atomic E-state index is 6.25. The largest absolute Gasteiger partial charge is 0.540 e. The number of rotatable bonds is 6. The van der Waals surface area contributed by atoms with Crippen molar-refractivity contribution in [3.8, 4) is 11.5 Å². The average Bonchev–Trinajstić information content (AvgIpc) is 2.44. The van der Waals surface area contributed by atoms with E-state index in [4.69, 9.17) is 22.8 Å². The SMILES string of the molecule is CO[Si](OC)(OC)c1ccc(OC(C)(C)C)c(C)c1OC(C)(C)C. The summed E-state index contributed by atoms with van der Waals surface area (Å²) in [6.45, 7) is 14.0. The predicted octanol–water partition coefficient (Wildman–Crippen LogP) is 3.43. The Hall–Kier alpha value is -1.08. The Morgan fingerprint density at radius 1 is 0.750 bits per heavy atom. The fourth-order valence-corrected chi connectivity index (χ4v) is 4.34. The van der Waals surface area contributed by atoms with Crippen molar-refractivity contribution in [2.24, 2.45) is 0 Å². The fourth-order valence-electron chi connectivity index (χ4n) is 2.37. The van der Waals surface area contributed by atoms with Crippen molar-refractivity contribution in [2.45, 2.75) is 59.7 Å². The highest BCUT2D eigenvalue weighted by Gasteiger charge is 2.45. The van der Waals surface area contributed by atoms with Crippen LogP contribution in [0.5, 0.6) is 11.5 Å². The summed E-state index contributed by atoms with van der Waals surface area (Å²) in [6, 6.07) is 3.84.